The van der Waals surface area contributed by atoms with Crippen LogP contribution in [0.1, 0.15) is 44.9 Å². The zero-order chi connectivity index (χ0) is 13.0. The van der Waals surface area contributed by atoms with Crippen molar-refractivity contribution in [3.63, 3.8) is 0 Å². The third kappa shape index (κ3) is 3.45. The maximum Gasteiger partial charge on any atom is 0.220 e. The molecule has 2 fully saturated rings. The Morgan fingerprint density at radius 2 is 2.17 bits per heavy atom. The van der Waals surface area contributed by atoms with Gasteiger partial charge in [0.15, 0.2) is 0 Å². The van der Waals surface area contributed by atoms with Crippen molar-refractivity contribution in [1.82, 2.24) is 10.6 Å². The molecule has 1 heterocycles. The molecule has 1 aliphatic carbocycles. The van der Waals surface area contributed by atoms with Crippen LogP contribution in [0.5, 0.6) is 0 Å². The molecule has 0 bridgehead atoms. The molecule has 102 valence electrons. The molecule has 0 aromatic carbocycles. The summed E-state index contributed by atoms with van der Waals surface area (Å²) in [6.07, 6.45) is 5.78. The quantitative estimate of drug-likeness (QED) is 0.636. The first-order chi connectivity index (χ1) is 8.60. The number of hydrogen-bond acceptors (Lipinski definition) is 3. The molecule has 0 aromatic heterocycles. The SMILES string of the molecule is NC(=O)CC1(NC(=O)CCC2CCNC2)CCC1. The first kappa shape index (κ1) is 13.3. The summed E-state index contributed by atoms with van der Waals surface area (Å²) in [5, 5.41) is 6.32. The summed E-state index contributed by atoms with van der Waals surface area (Å²) >= 11 is 0. The maximum absolute atomic E-state index is 11.9. The summed E-state index contributed by atoms with van der Waals surface area (Å²) in [5.41, 5.74) is 4.92. The summed E-state index contributed by atoms with van der Waals surface area (Å²) in [7, 11) is 0. The lowest BCUT2D eigenvalue weighted by molar-refractivity contribution is -0.126. The van der Waals surface area contributed by atoms with Gasteiger partial charge in [-0.2, -0.15) is 0 Å². The van der Waals surface area contributed by atoms with Crippen molar-refractivity contribution in [1.29, 1.82) is 0 Å². The summed E-state index contributed by atoms with van der Waals surface area (Å²) in [6, 6.07) is 0. The van der Waals surface area contributed by atoms with Gasteiger partial charge in [-0.25, -0.2) is 0 Å². The minimum Gasteiger partial charge on any atom is -0.370 e. The molecule has 1 unspecified atom stereocenters. The van der Waals surface area contributed by atoms with Gasteiger partial charge in [-0.3, -0.25) is 9.59 Å². The number of primary amides is 1. The van der Waals surface area contributed by atoms with E-state index in [1.54, 1.807) is 0 Å². The number of rotatable bonds is 6. The first-order valence-electron chi connectivity index (χ1n) is 6.90. The number of amides is 2. The monoisotopic (exact) mass is 253 g/mol. The van der Waals surface area contributed by atoms with E-state index in [-0.39, 0.29) is 23.8 Å². The van der Waals surface area contributed by atoms with Gasteiger partial charge in [-0.15, -0.1) is 0 Å². The van der Waals surface area contributed by atoms with E-state index in [9.17, 15) is 9.59 Å². The molecule has 5 nitrogen and oxygen atoms in total. The molecule has 1 saturated heterocycles. The Morgan fingerprint density at radius 1 is 1.39 bits per heavy atom. The lowest BCUT2D eigenvalue weighted by Crippen LogP contribution is -2.55. The smallest absolute Gasteiger partial charge is 0.220 e. The second-order valence-electron chi connectivity index (χ2n) is 5.72. The van der Waals surface area contributed by atoms with Crippen LogP contribution in [0.15, 0.2) is 0 Å². The minimum atomic E-state index is -0.324. The van der Waals surface area contributed by atoms with E-state index < -0.39 is 0 Å². The normalized spacial score (nSPS) is 25.4. The fourth-order valence-corrected chi connectivity index (χ4v) is 2.94. The van der Waals surface area contributed by atoms with Gasteiger partial charge in [0.1, 0.15) is 0 Å². The van der Waals surface area contributed by atoms with E-state index in [1.165, 1.54) is 6.42 Å². The molecular formula is C13H23N3O2. The highest BCUT2D eigenvalue weighted by Gasteiger charge is 2.39. The average molecular weight is 253 g/mol. The highest BCUT2D eigenvalue weighted by molar-refractivity contribution is 5.80. The van der Waals surface area contributed by atoms with Gasteiger partial charge in [0.25, 0.3) is 0 Å². The molecule has 18 heavy (non-hydrogen) atoms. The molecule has 2 aliphatic rings. The molecule has 2 rings (SSSR count). The summed E-state index contributed by atoms with van der Waals surface area (Å²) in [4.78, 5) is 22.9. The van der Waals surface area contributed by atoms with Crippen LogP contribution in [0, 0.1) is 5.92 Å². The number of carbonyl (C=O) groups is 2. The van der Waals surface area contributed by atoms with Crippen molar-refractivity contribution in [3.05, 3.63) is 0 Å². The van der Waals surface area contributed by atoms with Crippen LogP contribution in [0.25, 0.3) is 0 Å². The number of nitrogens with two attached hydrogens (primary N) is 1. The van der Waals surface area contributed by atoms with E-state index in [4.69, 9.17) is 5.73 Å². The highest BCUT2D eigenvalue weighted by atomic mass is 16.2. The second-order valence-corrected chi connectivity index (χ2v) is 5.72. The summed E-state index contributed by atoms with van der Waals surface area (Å²) in [6.45, 7) is 2.09. The molecular weight excluding hydrogens is 230 g/mol. The third-order valence-electron chi connectivity index (χ3n) is 4.17. The van der Waals surface area contributed by atoms with Crippen molar-refractivity contribution in [3.8, 4) is 0 Å². The molecule has 1 atom stereocenters. The van der Waals surface area contributed by atoms with Crippen molar-refractivity contribution in [2.75, 3.05) is 13.1 Å². The Labute approximate surface area is 108 Å². The minimum absolute atomic E-state index is 0.0721. The number of carbonyl (C=O) groups excluding carboxylic acids is 2. The van der Waals surface area contributed by atoms with Gasteiger partial charge < -0.3 is 16.4 Å². The van der Waals surface area contributed by atoms with Gasteiger partial charge in [-0.05, 0) is 51.1 Å². The Morgan fingerprint density at radius 3 is 2.67 bits per heavy atom. The van der Waals surface area contributed by atoms with Crippen LogP contribution >= 0.6 is 0 Å². The lowest BCUT2D eigenvalue weighted by Gasteiger charge is -2.41. The zero-order valence-electron chi connectivity index (χ0n) is 10.8. The van der Waals surface area contributed by atoms with Crippen LogP contribution in [0.2, 0.25) is 0 Å². The van der Waals surface area contributed by atoms with Gasteiger partial charge in [0.05, 0.1) is 0 Å². The molecule has 4 N–H and O–H groups in total. The Bertz CT molecular complexity index is 320. The highest BCUT2D eigenvalue weighted by Crippen LogP contribution is 2.34. The molecule has 0 spiro atoms. The first-order valence-corrected chi connectivity index (χ1v) is 6.90. The predicted octanol–water partition coefficient (Wildman–Crippen LogP) is 0.290. The van der Waals surface area contributed by atoms with Gasteiger partial charge in [-0.1, -0.05) is 0 Å². The predicted molar refractivity (Wildman–Crippen MR) is 68.7 cm³/mol. The van der Waals surface area contributed by atoms with Crippen LogP contribution < -0.4 is 16.4 Å². The average Bonchev–Trinajstić information content (AvgIpc) is 2.75. The van der Waals surface area contributed by atoms with Gasteiger partial charge in [0, 0.05) is 18.4 Å². The van der Waals surface area contributed by atoms with Crippen LogP contribution in [0.3, 0.4) is 0 Å². The standard InChI is InChI=1S/C13H23N3O2/c14-11(17)8-13(5-1-6-13)16-12(18)3-2-10-4-7-15-9-10/h10,15H,1-9H2,(H2,14,17)(H,16,18). The summed E-state index contributed by atoms with van der Waals surface area (Å²) < 4.78 is 0. The number of nitrogens with one attached hydrogen (secondary N) is 2. The van der Waals surface area contributed by atoms with Crippen LogP contribution in [0.4, 0.5) is 0 Å². The van der Waals surface area contributed by atoms with Crippen molar-refractivity contribution >= 4 is 11.8 Å². The van der Waals surface area contributed by atoms with E-state index >= 15 is 0 Å². The lowest BCUT2D eigenvalue weighted by atomic mass is 9.74. The molecule has 1 saturated carbocycles. The Balaban J connectivity index is 1.73. The molecule has 1 aliphatic heterocycles. The van der Waals surface area contributed by atoms with Crippen molar-refractivity contribution < 1.29 is 9.59 Å². The van der Waals surface area contributed by atoms with Gasteiger partial charge in [0.2, 0.25) is 11.8 Å². The van der Waals surface area contributed by atoms with Crippen LogP contribution in [-0.4, -0.2) is 30.4 Å². The fourth-order valence-electron chi connectivity index (χ4n) is 2.94. The maximum atomic E-state index is 11.9. The van der Waals surface area contributed by atoms with Crippen molar-refractivity contribution in [2.24, 2.45) is 11.7 Å². The van der Waals surface area contributed by atoms with Crippen LogP contribution in [-0.2, 0) is 9.59 Å². The molecule has 0 aromatic rings. The van der Waals surface area contributed by atoms with E-state index in [0.717, 1.165) is 38.8 Å². The van der Waals surface area contributed by atoms with Crippen molar-refractivity contribution in [2.45, 2.75) is 50.5 Å². The molecule has 2 amide bonds. The topological polar surface area (TPSA) is 84.2 Å². The summed E-state index contributed by atoms with van der Waals surface area (Å²) in [5.74, 6) is 0.377. The van der Waals surface area contributed by atoms with E-state index in [0.29, 0.717) is 12.3 Å². The van der Waals surface area contributed by atoms with E-state index in [1.807, 2.05) is 0 Å². The third-order valence-corrected chi connectivity index (χ3v) is 4.17. The zero-order valence-corrected chi connectivity index (χ0v) is 10.8. The molecule has 0 radical (unpaired) electrons. The largest absolute Gasteiger partial charge is 0.370 e. The Kier molecular flexibility index (Phi) is 4.22. The Hall–Kier alpha value is -1.10. The second kappa shape index (κ2) is 5.69. The van der Waals surface area contributed by atoms with Gasteiger partial charge >= 0.3 is 0 Å². The number of hydrogen-bond donors (Lipinski definition) is 3. The molecule has 5 heteroatoms. The van der Waals surface area contributed by atoms with E-state index in [2.05, 4.69) is 10.6 Å². The fraction of sp³-hybridized carbons (Fsp3) is 0.846.